The van der Waals surface area contributed by atoms with Crippen molar-refractivity contribution >= 4 is 34.4 Å². The van der Waals surface area contributed by atoms with Gasteiger partial charge in [-0.05, 0) is 40.3 Å². The van der Waals surface area contributed by atoms with Crippen LogP contribution in [0.5, 0.6) is 0 Å². The topological polar surface area (TPSA) is 37.4 Å². The molecule has 0 spiro atoms. The number of nitrogens with zero attached hydrogens (tertiary/aromatic N) is 1. The Kier molecular flexibility index (Phi) is 2.77. The Morgan fingerprint density at radius 1 is 1.40 bits per heavy atom. The summed E-state index contributed by atoms with van der Waals surface area (Å²) in [5.74, 6) is -0.469. The molecule has 1 saturated heterocycles. The molecule has 4 heteroatoms. The summed E-state index contributed by atoms with van der Waals surface area (Å²) in [7, 11) is 1.54. The van der Waals surface area contributed by atoms with Crippen LogP contribution < -0.4 is 0 Å². The van der Waals surface area contributed by atoms with Crippen molar-refractivity contribution < 1.29 is 9.59 Å². The van der Waals surface area contributed by atoms with Gasteiger partial charge in [0, 0.05) is 17.0 Å². The maximum absolute atomic E-state index is 11.7. The summed E-state index contributed by atoms with van der Waals surface area (Å²) in [6, 6.07) is 7.73. The summed E-state index contributed by atoms with van der Waals surface area (Å²) in [5.41, 5.74) is 0.935. The van der Waals surface area contributed by atoms with Crippen LogP contribution in [0.3, 0.4) is 0 Å². The summed E-state index contributed by atoms with van der Waals surface area (Å²) < 4.78 is 1.08. The van der Waals surface area contributed by atoms with Crippen LogP contribution in [-0.2, 0) is 9.59 Å². The zero-order valence-corrected chi connectivity index (χ0v) is 10.4. The first kappa shape index (κ1) is 10.6. The molecule has 1 aliphatic rings. The van der Waals surface area contributed by atoms with Gasteiger partial charge in [-0.2, -0.15) is 0 Å². The molecule has 3 nitrogen and oxygen atoms in total. The van der Waals surface area contributed by atoms with Gasteiger partial charge in [0.25, 0.3) is 0 Å². The van der Waals surface area contributed by atoms with E-state index in [1.54, 1.807) is 7.05 Å². The van der Waals surface area contributed by atoms with Gasteiger partial charge in [0.15, 0.2) is 0 Å². The van der Waals surface area contributed by atoms with Crippen LogP contribution in [0.25, 0.3) is 0 Å². The molecule has 1 fully saturated rings. The summed E-state index contributed by atoms with van der Waals surface area (Å²) in [4.78, 5) is 24.3. The van der Waals surface area contributed by atoms with E-state index in [1.165, 1.54) is 4.90 Å². The molecule has 1 atom stereocenters. The molecule has 0 N–H and O–H groups in total. The Balaban J connectivity index is 2.33. The number of carbonyl (C=O) groups is 2. The minimum absolute atomic E-state index is 0.0936. The molecule has 15 heavy (non-hydrogen) atoms. The van der Waals surface area contributed by atoms with E-state index < -0.39 is 0 Å². The van der Waals surface area contributed by atoms with Gasteiger partial charge >= 0.3 is 0 Å². The fraction of sp³-hybridized carbons (Fsp3) is 0.273. The van der Waals surface area contributed by atoms with Crippen molar-refractivity contribution in [2.45, 2.75) is 12.3 Å². The number of halogens is 1. The van der Waals surface area contributed by atoms with Crippen LogP contribution in [0.1, 0.15) is 17.9 Å². The lowest BCUT2D eigenvalue weighted by atomic mass is 9.98. The molecule has 1 unspecified atom stereocenters. The van der Waals surface area contributed by atoms with Crippen molar-refractivity contribution in [3.63, 3.8) is 0 Å². The number of rotatable bonds is 1. The van der Waals surface area contributed by atoms with Crippen LogP contribution in [0.4, 0.5) is 0 Å². The first-order chi connectivity index (χ1) is 7.09. The van der Waals surface area contributed by atoms with Crippen molar-refractivity contribution in [2.24, 2.45) is 0 Å². The van der Waals surface area contributed by atoms with Crippen LogP contribution in [0, 0.1) is 3.57 Å². The number of likely N-dealkylation sites (N-methyl/N-ethyl adjacent to an activating group) is 1. The van der Waals surface area contributed by atoms with E-state index in [-0.39, 0.29) is 17.7 Å². The van der Waals surface area contributed by atoms with E-state index in [9.17, 15) is 9.59 Å². The summed E-state index contributed by atoms with van der Waals surface area (Å²) in [6.45, 7) is 0. The highest BCUT2D eigenvalue weighted by Gasteiger charge is 2.36. The van der Waals surface area contributed by atoms with Crippen molar-refractivity contribution in [2.75, 3.05) is 7.05 Å². The monoisotopic (exact) mass is 315 g/mol. The van der Waals surface area contributed by atoms with E-state index >= 15 is 0 Å². The van der Waals surface area contributed by atoms with Crippen molar-refractivity contribution in [3.05, 3.63) is 33.4 Å². The summed E-state index contributed by atoms with van der Waals surface area (Å²) in [5, 5.41) is 0. The first-order valence-electron chi connectivity index (χ1n) is 4.65. The number of hydrogen-bond donors (Lipinski definition) is 0. The fourth-order valence-corrected chi connectivity index (χ4v) is 2.31. The number of benzene rings is 1. The van der Waals surface area contributed by atoms with Gasteiger partial charge in [0.1, 0.15) is 0 Å². The van der Waals surface area contributed by atoms with Crippen LogP contribution in [-0.4, -0.2) is 23.8 Å². The highest BCUT2D eigenvalue weighted by Crippen LogP contribution is 2.29. The molecule has 0 saturated carbocycles. The second-order valence-electron chi connectivity index (χ2n) is 3.60. The molecule has 0 radical (unpaired) electrons. The van der Waals surface area contributed by atoms with Crippen molar-refractivity contribution in [1.82, 2.24) is 4.90 Å². The smallest absolute Gasteiger partial charge is 0.236 e. The average Bonchev–Trinajstić information content (AvgIpc) is 2.46. The number of hydrogen-bond acceptors (Lipinski definition) is 2. The minimum atomic E-state index is -0.280. The third-order valence-corrected chi connectivity index (χ3v) is 3.30. The molecular formula is C11H10INO2. The Bertz CT molecular complexity index is 430. The van der Waals surface area contributed by atoms with Gasteiger partial charge < -0.3 is 0 Å². The predicted octanol–water partition coefficient (Wildman–Crippen LogP) is 1.76. The zero-order valence-electron chi connectivity index (χ0n) is 8.24. The number of imide groups is 1. The van der Waals surface area contributed by atoms with E-state index in [4.69, 9.17) is 0 Å². The van der Waals surface area contributed by atoms with Crippen molar-refractivity contribution in [1.29, 1.82) is 0 Å². The Morgan fingerprint density at radius 2 is 2.13 bits per heavy atom. The highest BCUT2D eigenvalue weighted by molar-refractivity contribution is 14.1. The Morgan fingerprint density at radius 3 is 2.67 bits per heavy atom. The molecule has 0 bridgehead atoms. The van der Waals surface area contributed by atoms with Gasteiger partial charge in [0.2, 0.25) is 11.8 Å². The standard InChI is InChI=1S/C11H10INO2/c1-13-10(14)6-9(11(13)15)7-3-2-4-8(12)5-7/h2-5,9H,6H2,1H3. The highest BCUT2D eigenvalue weighted by atomic mass is 127. The molecule has 1 aromatic rings. The van der Waals surface area contributed by atoms with Gasteiger partial charge in [0.05, 0.1) is 5.92 Å². The SMILES string of the molecule is CN1C(=O)CC(c2cccc(I)c2)C1=O. The van der Waals surface area contributed by atoms with Gasteiger partial charge in [-0.15, -0.1) is 0 Å². The maximum Gasteiger partial charge on any atom is 0.236 e. The van der Waals surface area contributed by atoms with E-state index in [2.05, 4.69) is 22.6 Å². The zero-order chi connectivity index (χ0) is 11.0. The maximum atomic E-state index is 11.7. The van der Waals surface area contributed by atoms with Crippen LogP contribution >= 0.6 is 22.6 Å². The van der Waals surface area contributed by atoms with Gasteiger partial charge in [-0.1, -0.05) is 12.1 Å². The minimum Gasteiger partial charge on any atom is -0.285 e. The van der Waals surface area contributed by atoms with Gasteiger partial charge in [-0.25, -0.2) is 0 Å². The fourth-order valence-electron chi connectivity index (χ4n) is 1.74. The second-order valence-corrected chi connectivity index (χ2v) is 4.85. The number of amides is 2. The quantitative estimate of drug-likeness (QED) is 0.585. The second kappa shape index (κ2) is 3.92. The normalized spacial score (nSPS) is 21.2. The summed E-state index contributed by atoms with van der Waals surface area (Å²) in [6.07, 6.45) is 0.301. The number of likely N-dealkylation sites (tertiary alicyclic amines) is 1. The van der Waals surface area contributed by atoms with Gasteiger partial charge in [-0.3, -0.25) is 14.5 Å². The molecule has 0 aliphatic carbocycles. The van der Waals surface area contributed by atoms with E-state index in [0.717, 1.165) is 9.13 Å². The van der Waals surface area contributed by atoms with Crippen LogP contribution in [0.15, 0.2) is 24.3 Å². The molecule has 2 amide bonds. The first-order valence-corrected chi connectivity index (χ1v) is 5.73. The lowest BCUT2D eigenvalue weighted by molar-refractivity contribution is -0.137. The van der Waals surface area contributed by atoms with Crippen molar-refractivity contribution in [3.8, 4) is 0 Å². The van der Waals surface area contributed by atoms with E-state index in [1.807, 2.05) is 24.3 Å². The third kappa shape index (κ3) is 1.90. The summed E-state index contributed by atoms with van der Waals surface area (Å²) >= 11 is 2.20. The molecular weight excluding hydrogens is 305 g/mol. The third-order valence-electron chi connectivity index (χ3n) is 2.63. The lowest BCUT2D eigenvalue weighted by Crippen LogP contribution is -2.25. The molecule has 2 rings (SSSR count). The van der Waals surface area contributed by atoms with E-state index in [0.29, 0.717) is 6.42 Å². The number of carbonyl (C=O) groups excluding carboxylic acids is 2. The van der Waals surface area contributed by atoms with Crippen LogP contribution in [0.2, 0.25) is 0 Å². The lowest BCUT2D eigenvalue weighted by Gasteiger charge is -2.09. The molecule has 1 aliphatic heterocycles. The Hall–Kier alpha value is -0.910. The predicted molar refractivity (Wildman–Crippen MR) is 64.3 cm³/mol. The molecule has 1 heterocycles. The molecule has 1 aromatic carbocycles. The molecule has 0 aromatic heterocycles. The largest absolute Gasteiger partial charge is 0.285 e. The molecule has 78 valence electrons. The average molecular weight is 315 g/mol. The Labute approximate surface area is 102 Å².